The summed E-state index contributed by atoms with van der Waals surface area (Å²) in [5, 5.41) is 3.27. The molecule has 6 heteroatoms. The Balaban J connectivity index is 1.41. The number of aromatic amines is 1. The molecule has 4 aliphatic rings. The van der Waals surface area contributed by atoms with Gasteiger partial charge in [0.15, 0.2) is 0 Å². The summed E-state index contributed by atoms with van der Waals surface area (Å²) in [5.74, 6) is 2.43. The molecule has 1 unspecified atom stereocenters. The SMILES string of the molecule is CCn1c(=O)c(=O)[nH]c2cc(C(=O)NC(C)C34CC5CC(CC(C5)C3)C4)ccc21. The Kier molecular flexibility index (Phi) is 4.23. The van der Waals surface area contributed by atoms with Crippen LogP contribution in [-0.4, -0.2) is 21.5 Å². The molecule has 154 valence electrons. The highest BCUT2D eigenvalue weighted by molar-refractivity contribution is 5.97. The molecule has 4 bridgehead atoms. The Bertz CT molecular complexity index is 1060. The van der Waals surface area contributed by atoms with Crippen molar-refractivity contribution in [2.75, 3.05) is 0 Å². The number of hydrogen-bond acceptors (Lipinski definition) is 3. The molecule has 4 saturated carbocycles. The van der Waals surface area contributed by atoms with Crippen molar-refractivity contribution in [2.24, 2.45) is 23.2 Å². The molecule has 2 aromatic rings. The molecule has 2 N–H and O–H groups in total. The highest BCUT2D eigenvalue weighted by Gasteiger charge is 2.53. The van der Waals surface area contributed by atoms with E-state index in [2.05, 4.69) is 17.2 Å². The fourth-order valence-corrected chi connectivity index (χ4v) is 6.88. The number of amides is 1. The first kappa shape index (κ1) is 18.6. The third kappa shape index (κ3) is 2.95. The second-order valence-corrected chi connectivity index (χ2v) is 9.71. The van der Waals surface area contributed by atoms with Gasteiger partial charge in [-0.25, -0.2) is 0 Å². The molecule has 29 heavy (non-hydrogen) atoms. The molecule has 0 saturated heterocycles. The quantitative estimate of drug-likeness (QED) is 0.781. The molecule has 4 fully saturated rings. The van der Waals surface area contributed by atoms with Crippen molar-refractivity contribution in [1.82, 2.24) is 14.9 Å². The van der Waals surface area contributed by atoms with Gasteiger partial charge in [0.1, 0.15) is 0 Å². The Morgan fingerprint density at radius 2 is 1.79 bits per heavy atom. The first-order valence-corrected chi connectivity index (χ1v) is 11.0. The summed E-state index contributed by atoms with van der Waals surface area (Å²) >= 11 is 0. The average molecular weight is 396 g/mol. The third-order valence-corrected chi connectivity index (χ3v) is 7.91. The molecule has 6 rings (SSSR count). The Labute approximate surface area is 169 Å². The molecule has 0 radical (unpaired) electrons. The van der Waals surface area contributed by atoms with Crippen LogP contribution in [0.4, 0.5) is 0 Å². The lowest BCUT2D eigenvalue weighted by atomic mass is 9.48. The van der Waals surface area contributed by atoms with Gasteiger partial charge in [0, 0.05) is 18.2 Å². The summed E-state index contributed by atoms with van der Waals surface area (Å²) in [7, 11) is 0. The van der Waals surface area contributed by atoms with Gasteiger partial charge in [-0.3, -0.25) is 14.4 Å². The Hall–Kier alpha value is -2.37. The second-order valence-electron chi connectivity index (χ2n) is 9.71. The lowest BCUT2D eigenvalue weighted by Crippen LogP contribution is -2.55. The molecule has 1 amide bonds. The third-order valence-electron chi connectivity index (χ3n) is 7.91. The molecule has 0 aliphatic heterocycles. The van der Waals surface area contributed by atoms with E-state index >= 15 is 0 Å². The van der Waals surface area contributed by atoms with Gasteiger partial charge in [-0.2, -0.15) is 0 Å². The van der Waals surface area contributed by atoms with Gasteiger partial charge in [-0.15, -0.1) is 0 Å². The van der Waals surface area contributed by atoms with Crippen molar-refractivity contribution in [3.63, 3.8) is 0 Å². The lowest BCUT2D eigenvalue weighted by Gasteiger charge is -2.59. The molecule has 1 aromatic heterocycles. The summed E-state index contributed by atoms with van der Waals surface area (Å²) in [6, 6.07) is 5.32. The molecular weight excluding hydrogens is 366 g/mol. The first-order chi connectivity index (χ1) is 13.9. The van der Waals surface area contributed by atoms with Crippen LogP contribution in [0.25, 0.3) is 11.0 Å². The Morgan fingerprint density at radius 1 is 1.17 bits per heavy atom. The average Bonchev–Trinajstić information content (AvgIpc) is 2.67. The highest BCUT2D eigenvalue weighted by Crippen LogP contribution is 2.61. The zero-order chi connectivity index (χ0) is 20.3. The number of benzene rings is 1. The van der Waals surface area contributed by atoms with Crippen molar-refractivity contribution in [1.29, 1.82) is 0 Å². The fraction of sp³-hybridized carbons (Fsp3) is 0.609. The van der Waals surface area contributed by atoms with Gasteiger partial charge in [-0.05, 0) is 93.7 Å². The van der Waals surface area contributed by atoms with E-state index in [9.17, 15) is 14.4 Å². The normalized spacial score (nSPS) is 31.2. The van der Waals surface area contributed by atoms with Gasteiger partial charge in [0.2, 0.25) is 0 Å². The van der Waals surface area contributed by atoms with E-state index in [1.165, 1.54) is 43.1 Å². The van der Waals surface area contributed by atoms with Gasteiger partial charge in [0.25, 0.3) is 5.91 Å². The predicted molar refractivity (Wildman–Crippen MR) is 112 cm³/mol. The number of aryl methyl sites for hydroxylation is 1. The molecule has 0 spiro atoms. The van der Waals surface area contributed by atoms with Crippen molar-refractivity contribution >= 4 is 16.9 Å². The molecule has 1 aromatic carbocycles. The van der Waals surface area contributed by atoms with Crippen LogP contribution in [0, 0.1) is 23.2 Å². The first-order valence-electron chi connectivity index (χ1n) is 11.0. The van der Waals surface area contributed by atoms with E-state index in [4.69, 9.17) is 0 Å². The van der Waals surface area contributed by atoms with Crippen LogP contribution in [-0.2, 0) is 6.54 Å². The fourth-order valence-electron chi connectivity index (χ4n) is 6.88. The van der Waals surface area contributed by atoms with E-state index in [0.717, 1.165) is 17.8 Å². The van der Waals surface area contributed by atoms with Crippen LogP contribution >= 0.6 is 0 Å². The van der Waals surface area contributed by atoms with E-state index in [0.29, 0.717) is 23.1 Å². The van der Waals surface area contributed by atoms with E-state index in [1.54, 1.807) is 18.2 Å². The number of fused-ring (bicyclic) bond motifs is 1. The summed E-state index contributed by atoms with van der Waals surface area (Å²) in [4.78, 5) is 39.6. The monoisotopic (exact) mass is 395 g/mol. The maximum absolute atomic E-state index is 13.0. The summed E-state index contributed by atoms with van der Waals surface area (Å²) < 4.78 is 1.44. The van der Waals surface area contributed by atoms with Gasteiger partial charge < -0.3 is 14.9 Å². The van der Waals surface area contributed by atoms with Crippen LogP contribution in [0.2, 0.25) is 0 Å². The van der Waals surface area contributed by atoms with Gasteiger partial charge in [-0.1, -0.05) is 0 Å². The van der Waals surface area contributed by atoms with Gasteiger partial charge >= 0.3 is 11.1 Å². The molecule has 1 atom stereocenters. The number of carbonyl (C=O) groups is 1. The minimum absolute atomic E-state index is 0.106. The van der Waals surface area contributed by atoms with Crippen LogP contribution in [0.1, 0.15) is 62.7 Å². The van der Waals surface area contributed by atoms with Crippen LogP contribution < -0.4 is 16.4 Å². The number of carbonyl (C=O) groups excluding carboxylic acids is 1. The van der Waals surface area contributed by atoms with Crippen molar-refractivity contribution < 1.29 is 4.79 Å². The van der Waals surface area contributed by atoms with Crippen LogP contribution in [0.5, 0.6) is 0 Å². The topological polar surface area (TPSA) is 84.0 Å². The maximum Gasteiger partial charge on any atom is 0.316 e. The smallest absolute Gasteiger partial charge is 0.316 e. The number of aromatic nitrogens is 2. The number of hydrogen-bond donors (Lipinski definition) is 2. The van der Waals surface area contributed by atoms with Gasteiger partial charge in [0.05, 0.1) is 11.0 Å². The van der Waals surface area contributed by atoms with Crippen molar-refractivity contribution in [2.45, 2.75) is 65.0 Å². The summed E-state index contributed by atoms with van der Waals surface area (Å²) in [6.45, 7) is 4.41. The Morgan fingerprint density at radius 3 is 2.38 bits per heavy atom. The van der Waals surface area contributed by atoms with Crippen LogP contribution in [0.3, 0.4) is 0 Å². The zero-order valence-corrected chi connectivity index (χ0v) is 17.2. The second kappa shape index (κ2) is 6.57. The minimum Gasteiger partial charge on any atom is -0.349 e. The largest absolute Gasteiger partial charge is 0.349 e. The number of rotatable bonds is 4. The lowest BCUT2D eigenvalue weighted by molar-refractivity contribution is -0.0688. The van der Waals surface area contributed by atoms with Crippen LogP contribution in [0.15, 0.2) is 27.8 Å². The molecular formula is C23H29N3O3. The predicted octanol–water partition coefficient (Wildman–Crippen LogP) is 3.04. The summed E-state index contributed by atoms with van der Waals surface area (Å²) in [5.41, 5.74) is 0.713. The number of nitrogens with one attached hydrogen (secondary N) is 2. The standard InChI is InChI=1S/C23H29N3O3/c1-3-26-19-5-4-17(9-18(19)25-21(28)22(26)29)20(27)24-13(2)23-10-14-6-15(11-23)8-16(7-14)12-23/h4-5,9,13-16H,3,6-8,10-12H2,1-2H3,(H,24,27)(H,25,28). The minimum atomic E-state index is -0.654. The van der Waals surface area contributed by atoms with E-state index in [1.807, 2.05) is 6.92 Å². The highest BCUT2D eigenvalue weighted by atomic mass is 16.2. The van der Waals surface area contributed by atoms with Crippen molar-refractivity contribution in [3.8, 4) is 0 Å². The number of nitrogens with zero attached hydrogens (tertiary/aromatic N) is 1. The van der Waals surface area contributed by atoms with E-state index in [-0.39, 0.29) is 17.4 Å². The molecule has 1 heterocycles. The van der Waals surface area contributed by atoms with E-state index < -0.39 is 11.1 Å². The zero-order valence-electron chi connectivity index (χ0n) is 17.2. The molecule has 4 aliphatic carbocycles. The molecule has 6 nitrogen and oxygen atoms in total. The summed E-state index contributed by atoms with van der Waals surface area (Å²) in [6.07, 6.45) is 7.89. The maximum atomic E-state index is 13.0. The van der Waals surface area contributed by atoms with Crippen molar-refractivity contribution in [3.05, 3.63) is 44.5 Å². The number of H-pyrrole nitrogens is 1.